The van der Waals surface area contributed by atoms with Crippen LogP contribution in [0, 0.1) is 18.3 Å². The van der Waals surface area contributed by atoms with E-state index < -0.39 is 10.0 Å². The van der Waals surface area contributed by atoms with Crippen LogP contribution in [0.4, 0.5) is 0 Å². The van der Waals surface area contributed by atoms with Crippen LogP contribution < -0.4 is 5.73 Å². The number of hydrogen-bond acceptors (Lipinski definition) is 4. The van der Waals surface area contributed by atoms with E-state index in [2.05, 4.69) is 0 Å². The number of rotatable bonds is 3. The quantitative estimate of drug-likeness (QED) is 0.921. The maximum absolute atomic E-state index is 12.8. The molecule has 1 saturated carbocycles. The van der Waals surface area contributed by atoms with Crippen LogP contribution in [0.25, 0.3) is 0 Å². The summed E-state index contributed by atoms with van der Waals surface area (Å²) in [6.07, 6.45) is 3.27. The second-order valence-electron chi connectivity index (χ2n) is 5.68. The number of sulfonamides is 1. The first-order valence-corrected chi connectivity index (χ1v) is 8.54. The van der Waals surface area contributed by atoms with Crippen molar-refractivity contribution in [1.29, 1.82) is 5.26 Å². The van der Waals surface area contributed by atoms with Gasteiger partial charge in [-0.1, -0.05) is 6.07 Å². The van der Waals surface area contributed by atoms with Gasteiger partial charge in [-0.25, -0.2) is 8.42 Å². The molecule has 0 saturated heterocycles. The average Bonchev–Trinajstić information content (AvgIpc) is 2.47. The van der Waals surface area contributed by atoms with Crippen molar-refractivity contribution in [3.8, 4) is 6.07 Å². The summed E-state index contributed by atoms with van der Waals surface area (Å²) in [5, 5.41) is 8.96. The Morgan fingerprint density at radius 3 is 2.48 bits per heavy atom. The second-order valence-corrected chi connectivity index (χ2v) is 7.65. The molecule has 2 N–H and O–H groups in total. The predicted octanol–water partition coefficient (Wildman–Crippen LogP) is 1.76. The van der Waals surface area contributed by atoms with Crippen LogP contribution in [0.1, 0.15) is 36.8 Å². The first-order chi connectivity index (χ1) is 9.86. The summed E-state index contributed by atoms with van der Waals surface area (Å²) in [5.74, 6) is 0. The molecule has 0 amide bonds. The number of nitriles is 1. The Morgan fingerprint density at radius 2 is 1.90 bits per heavy atom. The highest BCUT2D eigenvalue weighted by atomic mass is 32.2. The van der Waals surface area contributed by atoms with Crippen LogP contribution in [0.3, 0.4) is 0 Å². The summed E-state index contributed by atoms with van der Waals surface area (Å²) in [5.41, 5.74) is 6.90. The number of hydrogen-bond donors (Lipinski definition) is 1. The minimum Gasteiger partial charge on any atom is -0.328 e. The Kier molecular flexibility index (Phi) is 4.67. The van der Waals surface area contributed by atoms with Crippen LogP contribution in [-0.2, 0) is 10.0 Å². The maximum Gasteiger partial charge on any atom is 0.243 e. The SMILES string of the molecule is Cc1ccc(C#N)cc1S(=O)(=O)N(C)C1CCC(N)CC1. The van der Waals surface area contributed by atoms with E-state index in [1.54, 1.807) is 26.1 Å². The van der Waals surface area contributed by atoms with E-state index in [0.29, 0.717) is 11.1 Å². The van der Waals surface area contributed by atoms with Gasteiger partial charge in [-0.15, -0.1) is 0 Å². The Morgan fingerprint density at radius 1 is 1.29 bits per heavy atom. The lowest BCUT2D eigenvalue weighted by Gasteiger charge is -2.33. The Bertz CT molecular complexity index is 656. The number of nitrogens with zero attached hydrogens (tertiary/aromatic N) is 2. The third-order valence-electron chi connectivity index (χ3n) is 4.23. The molecule has 1 aromatic rings. The highest BCUT2D eigenvalue weighted by molar-refractivity contribution is 7.89. The molecular weight excluding hydrogens is 286 g/mol. The Labute approximate surface area is 126 Å². The number of aryl methyl sites for hydroxylation is 1. The van der Waals surface area contributed by atoms with Crippen LogP contribution >= 0.6 is 0 Å². The molecule has 1 aliphatic carbocycles. The molecule has 1 fully saturated rings. The Balaban J connectivity index is 2.31. The average molecular weight is 307 g/mol. The second kappa shape index (κ2) is 6.14. The summed E-state index contributed by atoms with van der Waals surface area (Å²) >= 11 is 0. The normalized spacial score (nSPS) is 23.0. The van der Waals surface area contributed by atoms with Gasteiger partial charge in [0.2, 0.25) is 10.0 Å². The standard InChI is InChI=1S/C15H21N3O2S/c1-11-3-4-12(10-16)9-15(11)21(19,20)18(2)14-7-5-13(17)6-8-14/h3-4,9,13-14H,5-8,17H2,1-2H3. The maximum atomic E-state index is 12.8. The van der Waals surface area contributed by atoms with Gasteiger partial charge in [0.25, 0.3) is 0 Å². The topological polar surface area (TPSA) is 87.2 Å². The van der Waals surface area contributed by atoms with Crippen molar-refractivity contribution in [3.63, 3.8) is 0 Å². The fourth-order valence-electron chi connectivity index (χ4n) is 2.76. The molecule has 1 aliphatic rings. The van der Waals surface area contributed by atoms with E-state index in [1.165, 1.54) is 10.4 Å². The molecule has 0 spiro atoms. The lowest BCUT2D eigenvalue weighted by Crippen LogP contribution is -2.42. The number of nitrogens with two attached hydrogens (primary N) is 1. The van der Waals surface area contributed by atoms with Crippen molar-refractivity contribution in [1.82, 2.24) is 4.31 Å². The van der Waals surface area contributed by atoms with Gasteiger partial charge in [0, 0.05) is 19.1 Å². The van der Waals surface area contributed by atoms with Gasteiger partial charge in [-0.05, 0) is 50.3 Å². The van der Waals surface area contributed by atoms with Crippen LogP contribution in [-0.4, -0.2) is 31.9 Å². The fraction of sp³-hybridized carbons (Fsp3) is 0.533. The largest absolute Gasteiger partial charge is 0.328 e. The summed E-state index contributed by atoms with van der Waals surface area (Å²) in [4.78, 5) is 0.221. The molecule has 0 radical (unpaired) electrons. The highest BCUT2D eigenvalue weighted by Gasteiger charge is 2.31. The molecule has 21 heavy (non-hydrogen) atoms. The molecule has 0 unspecified atom stereocenters. The van der Waals surface area contributed by atoms with E-state index in [4.69, 9.17) is 11.0 Å². The molecule has 5 nitrogen and oxygen atoms in total. The first kappa shape index (κ1) is 16.0. The first-order valence-electron chi connectivity index (χ1n) is 7.10. The van der Waals surface area contributed by atoms with E-state index >= 15 is 0 Å². The molecular formula is C15H21N3O2S. The third kappa shape index (κ3) is 3.26. The predicted molar refractivity (Wildman–Crippen MR) is 81.1 cm³/mol. The Hall–Kier alpha value is -1.42. The fourth-order valence-corrected chi connectivity index (χ4v) is 4.43. The van der Waals surface area contributed by atoms with Crippen molar-refractivity contribution >= 4 is 10.0 Å². The molecule has 2 rings (SSSR count). The van der Waals surface area contributed by atoms with Gasteiger partial charge in [0.05, 0.1) is 16.5 Å². The minimum atomic E-state index is -3.58. The van der Waals surface area contributed by atoms with Crippen LogP contribution in [0.5, 0.6) is 0 Å². The van der Waals surface area contributed by atoms with Crippen LogP contribution in [0.15, 0.2) is 23.1 Å². The van der Waals surface area contributed by atoms with E-state index in [1.807, 2.05) is 6.07 Å². The highest BCUT2D eigenvalue weighted by Crippen LogP contribution is 2.27. The molecule has 1 aromatic carbocycles. The van der Waals surface area contributed by atoms with Crippen molar-refractivity contribution in [2.75, 3.05) is 7.05 Å². The zero-order chi connectivity index (χ0) is 15.6. The molecule has 0 heterocycles. The van der Waals surface area contributed by atoms with Gasteiger partial charge in [0.15, 0.2) is 0 Å². The number of benzene rings is 1. The minimum absolute atomic E-state index is 0.0139. The van der Waals surface area contributed by atoms with Gasteiger partial charge in [0.1, 0.15) is 0 Å². The van der Waals surface area contributed by atoms with Gasteiger partial charge < -0.3 is 5.73 Å². The zero-order valence-corrected chi connectivity index (χ0v) is 13.2. The zero-order valence-electron chi connectivity index (χ0n) is 12.4. The monoisotopic (exact) mass is 307 g/mol. The van der Waals surface area contributed by atoms with E-state index in [0.717, 1.165) is 25.7 Å². The summed E-state index contributed by atoms with van der Waals surface area (Å²) in [6.45, 7) is 1.75. The molecule has 0 bridgehead atoms. The molecule has 6 heteroatoms. The van der Waals surface area contributed by atoms with Crippen molar-refractivity contribution in [2.24, 2.45) is 5.73 Å². The summed E-state index contributed by atoms with van der Waals surface area (Å²) in [6, 6.07) is 6.92. The van der Waals surface area contributed by atoms with Gasteiger partial charge in [-0.2, -0.15) is 9.57 Å². The molecule has 0 atom stereocenters. The van der Waals surface area contributed by atoms with E-state index in [9.17, 15) is 8.42 Å². The van der Waals surface area contributed by atoms with Gasteiger partial charge >= 0.3 is 0 Å². The molecule has 0 aliphatic heterocycles. The summed E-state index contributed by atoms with van der Waals surface area (Å²) in [7, 11) is -1.96. The third-order valence-corrected chi connectivity index (χ3v) is 6.28. The molecule has 0 aromatic heterocycles. The lowest BCUT2D eigenvalue weighted by molar-refractivity contribution is 0.268. The van der Waals surface area contributed by atoms with Gasteiger partial charge in [-0.3, -0.25) is 0 Å². The van der Waals surface area contributed by atoms with Crippen molar-refractivity contribution in [2.45, 2.75) is 49.6 Å². The van der Waals surface area contributed by atoms with E-state index in [-0.39, 0.29) is 17.0 Å². The summed E-state index contributed by atoms with van der Waals surface area (Å²) < 4.78 is 27.0. The molecule has 114 valence electrons. The lowest BCUT2D eigenvalue weighted by atomic mass is 9.92. The van der Waals surface area contributed by atoms with Crippen molar-refractivity contribution < 1.29 is 8.42 Å². The smallest absolute Gasteiger partial charge is 0.243 e. The van der Waals surface area contributed by atoms with Crippen LogP contribution in [0.2, 0.25) is 0 Å². The van der Waals surface area contributed by atoms with Crippen molar-refractivity contribution in [3.05, 3.63) is 29.3 Å².